The fraction of sp³-hybridized carbons (Fsp3) is 0.417. The molecule has 1 aromatic rings. The minimum absolute atomic E-state index is 0.0330. The predicted molar refractivity (Wildman–Crippen MR) is 68.7 cm³/mol. The molecule has 0 bridgehead atoms. The molecule has 2 N–H and O–H groups in total. The molecule has 0 aromatic heterocycles. The quantitative estimate of drug-likeness (QED) is 0.452. The summed E-state index contributed by atoms with van der Waals surface area (Å²) in [6, 6.07) is 4.47. The first-order valence-corrected chi connectivity index (χ1v) is 5.80. The maximum atomic E-state index is 11.7. The third-order valence-electron chi connectivity index (χ3n) is 2.51. The predicted octanol–water partition coefficient (Wildman–Crippen LogP) is 1.24. The number of benzene rings is 1. The largest absolute Gasteiger partial charge is 0.351 e. The molecule has 0 aliphatic heterocycles. The van der Waals surface area contributed by atoms with E-state index in [-0.39, 0.29) is 11.6 Å². The van der Waals surface area contributed by atoms with Gasteiger partial charge in [0.2, 0.25) is 0 Å². The summed E-state index contributed by atoms with van der Waals surface area (Å²) in [5.41, 5.74) is 0.822. The van der Waals surface area contributed by atoms with E-state index < -0.39 is 4.92 Å². The minimum Gasteiger partial charge on any atom is -0.351 e. The number of nitrogens with one attached hydrogen (secondary N) is 2. The van der Waals surface area contributed by atoms with Crippen molar-refractivity contribution in [2.24, 2.45) is 0 Å². The van der Waals surface area contributed by atoms with Crippen LogP contribution in [0.4, 0.5) is 5.69 Å². The van der Waals surface area contributed by atoms with Crippen LogP contribution in [0.3, 0.4) is 0 Å². The zero-order valence-corrected chi connectivity index (χ0v) is 10.5. The third-order valence-corrected chi connectivity index (χ3v) is 2.51. The van der Waals surface area contributed by atoms with Crippen LogP contribution in [0.1, 0.15) is 22.8 Å². The van der Waals surface area contributed by atoms with E-state index in [1.807, 2.05) is 6.92 Å². The summed E-state index contributed by atoms with van der Waals surface area (Å²) in [6.45, 7) is 5.63. The molecule has 6 heteroatoms. The molecule has 0 unspecified atom stereocenters. The smallest absolute Gasteiger partial charge is 0.273 e. The number of nitro benzene ring substituents is 1. The lowest BCUT2D eigenvalue weighted by molar-refractivity contribution is -0.385. The monoisotopic (exact) mass is 251 g/mol. The van der Waals surface area contributed by atoms with Crippen LogP contribution in [0.5, 0.6) is 0 Å². The van der Waals surface area contributed by atoms with Crippen molar-refractivity contribution in [3.8, 4) is 0 Å². The van der Waals surface area contributed by atoms with Gasteiger partial charge in [0.1, 0.15) is 0 Å². The molecule has 1 rings (SSSR count). The van der Waals surface area contributed by atoms with E-state index in [0.717, 1.165) is 6.54 Å². The van der Waals surface area contributed by atoms with Crippen molar-refractivity contribution in [3.05, 3.63) is 39.4 Å². The number of nitro groups is 1. The van der Waals surface area contributed by atoms with E-state index in [4.69, 9.17) is 0 Å². The molecule has 18 heavy (non-hydrogen) atoms. The third kappa shape index (κ3) is 3.81. The second-order valence-electron chi connectivity index (χ2n) is 3.87. The van der Waals surface area contributed by atoms with E-state index in [2.05, 4.69) is 10.6 Å². The highest BCUT2D eigenvalue weighted by atomic mass is 16.6. The van der Waals surface area contributed by atoms with Crippen LogP contribution < -0.4 is 10.6 Å². The molecular formula is C12H17N3O3. The van der Waals surface area contributed by atoms with E-state index >= 15 is 0 Å². The first-order chi connectivity index (χ1) is 8.56. The summed E-state index contributed by atoms with van der Waals surface area (Å²) in [5.74, 6) is -0.295. The van der Waals surface area contributed by atoms with Gasteiger partial charge in [0.05, 0.1) is 4.92 Å². The summed E-state index contributed by atoms with van der Waals surface area (Å²) in [5, 5.41) is 16.5. The van der Waals surface area contributed by atoms with Gasteiger partial charge in [0.25, 0.3) is 11.6 Å². The Kier molecular flexibility index (Phi) is 5.26. The molecule has 0 heterocycles. The number of nitrogens with zero attached hydrogens (tertiary/aromatic N) is 1. The van der Waals surface area contributed by atoms with Crippen molar-refractivity contribution in [2.75, 3.05) is 19.6 Å². The minimum atomic E-state index is -0.481. The van der Waals surface area contributed by atoms with Gasteiger partial charge in [-0.1, -0.05) is 13.0 Å². The summed E-state index contributed by atoms with van der Waals surface area (Å²) in [7, 11) is 0. The van der Waals surface area contributed by atoms with Crippen LogP contribution in [0.25, 0.3) is 0 Å². The lowest BCUT2D eigenvalue weighted by Crippen LogP contribution is -2.31. The SMILES string of the molecule is CCNCCNC(=O)c1ccc(C)c([N+](=O)[O-])c1. The van der Waals surface area contributed by atoms with Crippen molar-refractivity contribution >= 4 is 11.6 Å². The van der Waals surface area contributed by atoms with Gasteiger partial charge < -0.3 is 10.6 Å². The van der Waals surface area contributed by atoms with Gasteiger partial charge in [-0.25, -0.2) is 0 Å². The Morgan fingerprint density at radius 2 is 2.11 bits per heavy atom. The average molecular weight is 251 g/mol. The second kappa shape index (κ2) is 6.70. The molecule has 1 amide bonds. The van der Waals surface area contributed by atoms with Gasteiger partial charge in [-0.05, 0) is 19.5 Å². The topological polar surface area (TPSA) is 84.3 Å². The number of amides is 1. The molecular weight excluding hydrogens is 234 g/mol. The number of likely N-dealkylation sites (N-methyl/N-ethyl adjacent to an activating group) is 1. The van der Waals surface area contributed by atoms with Crippen LogP contribution in [0.2, 0.25) is 0 Å². The molecule has 6 nitrogen and oxygen atoms in total. The summed E-state index contributed by atoms with van der Waals surface area (Å²) in [4.78, 5) is 22.0. The number of hydrogen-bond donors (Lipinski definition) is 2. The van der Waals surface area contributed by atoms with Crippen LogP contribution in [-0.2, 0) is 0 Å². The maximum absolute atomic E-state index is 11.7. The standard InChI is InChI=1S/C12H17N3O3/c1-3-13-6-7-14-12(16)10-5-4-9(2)11(8-10)15(17)18/h4-5,8,13H,3,6-7H2,1-2H3,(H,14,16). The number of carbonyl (C=O) groups excluding carboxylic acids is 1. The van der Waals surface area contributed by atoms with Crippen LogP contribution >= 0.6 is 0 Å². The Bertz CT molecular complexity index is 446. The number of rotatable bonds is 6. The molecule has 0 radical (unpaired) electrons. The van der Waals surface area contributed by atoms with Crippen molar-refractivity contribution in [3.63, 3.8) is 0 Å². The molecule has 0 fully saturated rings. The Morgan fingerprint density at radius 1 is 1.39 bits per heavy atom. The summed E-state index contributed by atoms with van der Waals surface area (Å²) >= 11 is 0. The first kappa shape index (κ1) is 14.1. The molecule has 0 aliphatic rings. The highest BCUT2D eigenvalue weighted by Crippen LogP contribution is 2.18. The van der Waals surface area contributed by atoms with E-state index in [9.17, 15) is 14.9 Å². The zero-order chi connectivity index (χ0) is 13.5. The molecule has 0 atom stereocenters. The average Bonchev–Trinajstić information content (AvgIpc) is 2.34. The number of carbonyl (C=O) groups is 1. The Hall–Kier alpha value is -1.95. The van der Waals surface area contributed by atoms with E-state index in [1.54, 1.807) is 19.1 Å². The Balaban J connectivity index is 2.68. The number of aryl methyl sites for hydroxylation is 1. The fourth-order valence-corrected chi connectivity index (χ4v) is 1.49. The molecule has 98 valence electrons. The van der Waals surface area contributed by atoms with Gasteiger partial charge in [0, 0.05) is 30.3 Å². The Morgan fingerprint density at radius 3 is 2.72 bits per heavy atom. The summed E-state index contributed by atoms with van der Waals surface area (Å²) < 4.78 is 0. The zero-order valence-electron chi connectivity index (χ0n) is 10.5. The lowest BCUT2D eigenvalue weighted by atomic mass is 10.1. The van der Waals surface area contributed by atoms with Crippen molar-refractivity contribution in [1.29, 1.82) is 0 Å². The summed E-state index contributed by atoms with van der Waals surface area (Å²) in [6.07, 6.45) is 0. The van der Waals surface area contributed by atoms with Crippen molar-refractivity contribution in [1.82, 2.24) is 10.6 Å². The highest BCUT2D eigenvalue weighted by Gasteiger charge is 2.14. The van der Waals surface area contributed by atoms with Gasteiger partial charge >= 0.3 is 0 Å². The van der Waals surface area contributed by atoms with Gasteiger partial charge in [0.15, 0.2) is 0 Å². The lowest BCUT2D eigenvalue weighted by Gasteiger charge is -2.06. The number of hydrogen-bond acceptors (Lipinski definition) is 4. The van der Waals surface area contributed by atoms with Crippen molar-refractivity contribution < 1.29 is 9.72 Å². The van der Waals surface area contributed by atoms with Crippen LogP contribution in [0.15, 0.2) is 18.2 Å². The van der Waals surface area contributed by atoms with Gasteiger partial charge in [-0.3, -0.25) is 14.9 Å². The molecule has 1 aromatic carbocycles. The maximum Gasteiger partial charge on any atom is 0.273 e. The first-order valence-electron chi connectivity index (χ1n) is 5.80. The molecule has 0 saturated heterocycles. The van der Waals surface area contributed by atoms with Gasteiger partial charge in [-0.2, -0.15) is 0 Å². The van der Waals surface area contributed by atoms with Crippen molar-refractivity contribution in [2.45, 2.75) is 13.8 Å². The van der Waals surface area contributed by atoms with E-state index in [0.29, 0.717) is 24.2 Å². The highest BCUT2D eigenvalue weighted by molar-refractivity contribution is 5.94. The molecule has 0 spiro atoms. The van der Waals surface area contributed by atoms with Crippen LogP contribution in [-0.4, -0.2) is 30.5 Å². The molecule has 0 saturated carbocycles. The fourth-order valence-electron chi connectivity index (χ4n) is 1.49. The normalized spacial score (nSPS) is 10.1. The Labute approximate surface area is 106 Å². The van der Waals surface area contributed by atoms with Crippen LogP contribution in [0, 0.1) is 17.0 Å². The molecule has 0 aliphatic carbocycles. The van der Waals surface area contributed by atoms with Gasteiger partial charge in [-0.15, -0.1) is 0 Å². The van der Waals surface area contributed by atoms with E-state index in [1.165, 1.54) is 6.07 Å². The second-order valence-corrected chi connectivity index (χ2v) is 3.87.